The van der Waals surface area contributed by atoms with Crippen LogP contribution in [0.5, 0.6) is 0 Å². The Morgan fingerprint density at radius 1 is 1.62 bits per heavy atom. The molecule has 0 aromatic heterocycles. The quantitative estimate of drug-likeness (QED) is 0.214. The summed E-state index contributed by atoms with van der Waals surface area (Å²) >= 11 is 0. The third-order valence-corrected chi connectivity index (χ3v) is 2.01. The molecule has 0 bridgehead atoms. The normalized spacial score (nSPS) is 13.1. The van der Waals surface area contributed by atoms with Crippen molar-refractivity contribution in [2.45, 2.75) is 11.9 Å². The van der Waals surface area contributed by atoms with Crippen LogP contribution in [0.1, 0.15) is 7.85 Å². The standard InChI is InChI=1S/C6H12O5S.Na.H/c1-2-4-11-5-3-6(7)12(8,9)10;;/h2,6-7H,1,3-5H2,(H,8,9,10);;/q;+1;-1. The summed E-state index contributed by atoms with van der Waals surface area (Å²) in [6.45, 7) is 3.72. The Hall–Kier alpha value is 0.570. The summed E-state index contributed by atoms with van der Waals surface area (Å²) in [7, 11) is -4.34. The van der Waals surface area contributed by atoms with Crippen LogP contribution in [-0.2, 0) is 14.9 Å². The van der Waals surface area contributed by atoms with Gasteiger partial charge in [0.2, 0.25) is 0 Å². The van der Waals surface area contributed by atoms with Crippen LogP contribution >= 0.6 is 0 Å². The van der Waals surface area contributed by atoms with E-state index in [1.54, 1.807) is 0 Å². The molecular formula is C6H13NaO5S. The van der Waals surface area contributed by atoms with E-state index in [0.717, 1.165) is 0 Å². The molecule has 0 saturated heterocycles. The first-order valence-corrected chi connectivity index (χ1v) is 4.82. The fraction of sp³-hybridized carbons (Fsp3) is 0.667. The zero-order valence-electron chi connectivity index (χ0n) is 8.51. The van der Waals surface area contributed by atoms with Crippen molar-refractivity contribution in [3.8, 4) is 0 Å². The molecule has 0 fully saturated rings. The van der Waals surface area contributed by atoms with E-state index in [4.69, 9.17) is 14.4 Å². The van der Waals surface area contributed by atoms with E-state index in [0.29, 0.717) is 0 Å². The van der Waals surface area contributed by atoms with Crippen LogP contribution in [0.25, 0.3) is 0 Å². The Morgan fingerprint density at radius 3 is 2.54 bits per heavy atom. The second kappa shape index (κ2) is 7.93. The van der Waals surface area contributed by atoms with E-state index in [1.165, 1.54) is 6.08 Å². The Morgan fingerprint density at radius 2 is 2.15 bits per heavy atom. The van der Waals surface area contributed by atoms with E-state index in [1.807, 2.05) is 0 Å². The molecule has 0 heterocycles. The van der Waals surface area contributed by atoms with Gasteiger partial charge in [0.05, 0.1) is 13.2 Å². The van der Waals surface area contributed by atoms with E-state index in [-0.39, 0.29) is 50.6 Å². The van der Waals surface area contributed by atoms with Crippen molar-refractivity contribution in [1.29, 1.82) is 0 Å². The zero-order chi connectivity index (χ0) is 9.61. The maximum Gasteiger partial charge on any atom is 1.00 e. The van der Waals surface area contributed by atoms with Crippen LogP contribution in [0.4, 0.5) is 0 Å². The molecule has 1 unspecified atom stereocenters. The smallest absolute Gasteiger partial charge is 1.00 e. The number of aliphatic hydroxyl groups excluding tert-OH is 1. The first-order chi connectivity index (χ1) is 5.48. The van der Waals surface area contributed by atoms with Gasteiger partial charge in [-0.05, 0) is 0 Å². The minimum absolute atomic E-state index is 0. The van der Waals surface area contributed by atoms with Crippen LogP contribution in [0.2, 0.25) is 0 Å². The molecule has 0 amide bonds. The van der Waals surface area contributed by atoms with Gasteiger partial charge in [0.1, 0.15) is 0 Å². The predicted octanol–water partition coefficient (Wildman–Crippen LogP) is -3.10. The van der Waals surface area contributed by atoms with Crippen LogP contribution in [0.15, 0.2) is 12.7 Å². The van der Waals surface area contributed by atoms with Crippen LogP contribution < -0.4 is 29.6 Å². The first kappa shape index (κ1) is 16.0. The fourth-order valence-electron chi connectivity index (χ4n) is 0.500. The molecule has 0 aliphatic heterocycles. The summed E-state index contributed by atoms with van der Waals surface area (Å²) in [6, 6.07) is 0. The summed E-state index contributed by atoms with van der Waals surface area (Å²) in [5.74, 6) is 0. The van der Waals surface area contributed by atoms with Gasteiger partial charge in [-0.15, -0.1) is 6.58 Å². The Bertz CT molecular complexity index is 230. The number of hydrogen-bond acceptors (Lipinski definition) is 4. The van der Waals surface area contributed by atoms with Crippen LogP contribution in [-0.4, -0.2) is 36.7 Å². The van der Waals surface area contributed by atoms with Gasteiger partial charge in [-0.3, -0.25) is 4.55 Å². The molecule has 0 aromatic carbocycles. The summed E-state index contributed by atoms with van der Waals surface area (Å²) in [4.78, 5) is 0. The molecule has 0 saturated carbocycles. The summed E-state index contributed by atoms with van der Waals surface area (Å²) in [5.41, 5.74) is -1.76. The van der Waals surface area contributed by atoms with Crippen molar-refractivity contribution in [2.75, 3.05) is 13.2 Å². The van der Waals surface area contributed by atoms with E-state index < -0.39 is 15.6 Å². The number of hydrogen-bond donors (Lipinski definition) is 2. The predicted molar refractivity (Wildman–Crippen MR) is 44.3 cm³/mol. The molecular weight excluding hydrogens is 207 g/mol. The van der Waals surface area contributed by atoms with Gasteiger partial charge in [-0.25, -0.2) is 0 Å². The average molecular weight is 220 g/mol. The van der Waals surface area contributed by atoms with Crippen molar-refractivity contribution in [1.82, 2.24) is 0 Å². The molecule has 74 valence electrons. The summed E-state index contributed by atoms with van der Waals surface area (Å²) in [6.07, 6.45) is 1.35. The maximum absolute atomic E-state index is 10.2. The minimum Gasteiger partial charge on any atom is -1.00 e. The zero-order valence-corrected chi connectivity index (χ0v) is 10.3. The topological polar surface area (TPSA) is 83.8 Å². The van der Waals surface area contributed by atoms with Gasteiger partial charge in [-0.2, -0.15) is 8.42 Å². The SMILES string of the molecule is C=CCOCCC(O)S(=O)(=O)O.[H-].[Na+]. The first-order valence-electron chi connectivity index (χ1n) is 3.31. The monoisotopic (exact) mass is 220 g/mol. The molecule has 0 aliphatic carbocycles. The van der Waals surface area contributed by atoms with Crippen LogP contribution in [0.3, 0.4) is 0 Å². The molecule has 2 N–H and O–H groups in total. The molecule has 1 atom stereocenters. The number of rotatable bonds is 6. The Balaban J connectivity index is -0.000000605. The van der Waals surface area contributed by atoms with Gasteiger partial charge >= 0.3 is 29.6 Å². The molecule has 7 heteroatoms. The van der Waals surface area contributed by atoms with Crippen LogP contribution in [0, 0.1) is 0 Å². The molecule has 0 spiro atoms. The van der Waals surface area contributed by atoms with Crippen molar-refractivity contribution in [3.05, 3.63) is 12.7 Å². The molecule has 0 radical (unpaired) electrons. The van der Waals surface area contributed by atoms with E-state index >= 15 is 0 Å². The van der Waals surface area contributed by atoms with Crippen molar-refractivity contribution >= 4 is 10.1 Å². The van der Waals surface area contributed by atoms with Gasteiger partial charge in [0, 0.05) is 6.42 Å². The second-order valence-electron chi connectivity index (χ2n) is 2.12. The second-order valence-corrected chi connectivity index (χ2v) is 3.70. The molecule has 5 nitrogen and oxygen atoms in total. The minimum atomic E-state index is -4.34. The molecule has 13 heavy (non-hydrogen) atoms. The summed E-state index contributed by atoms with van der Waals surface area (Å²) < 4.78 is 33.5. The van der Waals surface area contributed by atoms with Gasteiger partial charge in [0.25, 0.3) is 10.1 Å². The Kier molecular flexibility index (Phi) is 9.77. The van der Waals surface area contributed by atoms with Gasteiger partial charge < -0.3 is 11.3 Å². The molecule has 0 rings (SSSR count). The fourth-order valence-corrected chi connectivity index (χ4v) is 0.894. The van der Waals surface area contributed by atoms with E-state index in [9.17, 15) is 8.42 Å². The summed E-state index contributed by atoms with van der Waals surface area (Å²) in [5, 5.41) is 8.74. The van der Waals surface area contributed by atoms with Gasteiger partial charge in [-0.1, -0.05) is 6.08 Å². The van der Waals surface area contributed by atoms with Gasteiger partial charge in [0.15, 0.2) is 5.44 Å². The Labute approximate surface area is 101 Å². The number of aliphatic hydroxyl groups is 1. The van der Waals surface area contributed by atoms with Crippen molar-refractivity contribution in [3.63, 3.8) is 0 Å². The third-order valence-electron chi connectivity index (χ3n) is 1.09. The van der Waals surface area contributed by atoms with Crippen molar-refractivity contribution < 1.29 is 53.8 Å². The number of ether oxygens (including phenoxy) is 1. The third kappa shape index (κ3) is 8.89. The van der Waals surface area contributed by atoms with E-state index in [2.05, 4.69) is 6.58 Å². The average Bonchev–Trinajstić information content (AvgIpc) is 1.96. The largest absolute Gasteiger partial charge is 1.00 e. The molecule has 0 aromatic rings. The molecule has 0 aliphatic rings. The van der Waals surface area contributed by atoms with Crippen molar-refractivity contribution in [2.24, 2.45) is 0 Å². The maximum atomic E-state index is 10.2.